The molecule has 1 aliphatic rings. The van der Waals surface area contributed by atoms with E-state index in [0.29, 0.717) is 12.5 Å². The zero-order valence-electron chi connectivity index (χ0n) is 12.2. The van der Waals surface area contributed by atoms with Crippen LogP contribution in [-0.4, -0.2) is 11.6 Å². The van der Waals surface area contributed by atoms with Gasteiger partial charge in [-0.1, -0.05) is 19.8 Å². The number of ether oxygens (including phenoxy) is 1. The fourth-order valence-electron chi connectivity index (χ4n) is 3.16. The molecule has 0 saturated heterocycles. The summed E-state index contributed by atoms with van der Waals surface area (Å²) < 4.78 is 6.73. The number of nitrogens with zero attached hydrogens (tertiary/aromatic N) is 1. The molecule has 2 N–H and O–H groups in total. The first kappa shape index (κ1) is 13.8. The Morgan fingerprint density at radius 2 is 2.35 bits per heavy atom. The summed E-state index contributed by atoms with van der Waals surface area (Å²) in [5.74, 6) is 1.61. The highest BCUT2D eigenvalue weighted by atomic mass is 32.1. The second kappa shape index (κ2) is 5.34. The van der Waals surface area contributed by atoms with Crippen LogP contribution >= 0.6 is 11.3 Å². The largest absolute Gasteiger partial charge is 0.494 e. The average Bonchev–Trinajstić information content (AvgIpc) is 2.83. The van der Waals surface area contributed by atoms with E-state index in [4.69, 9.17) is 15.5 Å². The molecule has 1 aromatic heterocycles. The average molecular weight is 290 g/mol. The molecule has 20 heavy (non-hydrogen) atoms. The Labute approximate surface area is 124 Å². The molecule has 0 bridgehead atoms. The van der Waals surface area contributed by atoms with Crippen LogP contribution in [0.3, 0.4) is 0 Å². The predicted molar refractivity (Wildman–Crippen MR) is 84.3 cm³/mol. The summed E-state index contributed by atoms with van der Waals surface area (Å²) in [6.45, 7) is 4.98. The number of nitrogens with two attached hydrogens (primary N) is 1. The maximum absolute atomic E-state index is 6.65. The van der Waals surface area contributed by atoms with Crippen molar-refractivity contribution in [2.75, 3.05) is 6.61 Å². The SMILES string of the molecule is CCOc1ccc2nc(C3(N)CCCC(C)C3)sc2c1. The zero-order valence-corrected chi connectivity index (χ0v) is 13.0. The predicted octanol–water partition coefficient (Wildman–Crippen LogP) is 4.06. The summed E-state index contributed by atoms with van der Waals surface area (Å²) >= 11 is 1.73. The monoisotopic (exact) mass is 290 g/mol. The Hall–Kier alpha value is -1.13. The Morgan fingerprint density at radius 1 is 1.50 bits per heavy atom. The summed E-state index contributed by atoms with van der Waals surface area (Å²) in [7, 11) is 0. The first-order valence-electron chi connectivity index (χ1n) is 7.43. The van der Waals surface area contributed by atoms with Crippen LogP contribution in [0, 0.1) is 5.92 Å². The highest BCUT2D eigenvalue weighted by molar-refractivity contribution is 7.18. The first-order chi connectivity index (χ1) is 9.60. The molecule has 3 nitrogen and oxygen atoms in total. The van der Waals surface area contributed by atoms with Crippen LogP contribution < -0.4 is 10.5 Å². The highest BCUT2D eigenvalue weighted by Gasteiger charge is 2.35. The van der Waals surface area contributed by atoms with Gasteiger partial charge in [0.2, 0.25) is 0 Å². The van der Waals surface area contributed by atoms with Crippen molar-refractivity contribution < 1.29 is 4.74 Å². The van der Waals surface area contributed by atoms with Crippen LogP contribution in [-0.2, 0) is 5.54 Å². The number of fused-ring (bicyclic) bond motifs is 1. The lowest BCUT2D eigenvalue weighted by molar-refractivity contribution is 0.239. The molecule has 4 heteroatoms. The third-order valence-electron chi connectivity index (χ3n) is 4.13. The van der Waals surface area contributed by atoms with Crippen molar-refractivity contribution in [1.29, 1.82) is 0 Å². The van der Waals surface area contributed by atoms with E-state index in [9.17, 15) is 0 Å². The highest BCUT2D eigenvalue weighted by Crippen LogP contribution is 2.41. The first-order valence-corrected chi connectivity index (χ1v) is 8.25. The van der Waals surface area contributed by atoms with E-state index in [1.54, 1.807) is 11.3 Å². The molecule has 108 valence electrons. The molecule has 0 amide bonds. The quantitative estimate of drug-likeness (QED) is 0.927. The van der Waals surface area contributed by atoms with E-state index >= 15 is 0 Å². The molecule has 1 aromatic carbocycles. The maximum Gasteiger partial charge on any atom is 0.120 e. The number of rotatable bonds is 3. The molecule has 1 fully saturated rings. The van der Waals surface area contributed by atoms with E-state index in [1.807, 2.05) is 19.1 Å². The molecule has 2 aromatic rings. The van der Waals surface area contributed by atoms with Crippen LogP contribution in [0.5, 0.6) is 5.75 Å². The van der Waals surface area contributed by atoms with Gasteiger partial charge < -0.3 is 10.5 Å². The number of benzene rings is 1. The van der Waals surface area contributed by atoms with Crippen LogP contribution in [0.1, 0.15) is 44.5 Å². The van der Waals surface area contributed by atoms with E-state index in [-0.39, 0.29) is 5.54 Å². The second-order valence-electron chi connectivity index (χ2n) is 5.94. The molecule has 1 heterocycles. The lowest BCUT2D eigenvalue weighted by Gasteiger charge is -2.35. The van der Waals surface area contributed by atoms with Gasteiger partial charge >= 0.3 is 0 Å². The van der Waals surface area contributed by atoms with Gasteiger partial charge in [0.15, 0.2) is 0 Å². The number of hydrogen-bond donors (Lipinski definition) is 1. The van der Waals surface area contributed by atoms with Gasteiger partial charge in [-0.25, -0.2) is 4.98 Å². The summed E-state index contributed by atoms with van der Waals surface area (Å²) in [6.07, 6.45) is 4.59. The second-order valence-corrected chi connectivity index (χ2v) is 6.97. The van der Waals surface area contributed by atoms with Crippen molar-refractivity contribution in [2.45, 2.75) is 45.1 Å². The van der Waals surface area contributed by atoms with Crippen molar-refractivity contribution in [3.05, 3.63) is 23.2 Å². The summed E-state index contributed by atoms with van der Waals surface area (Å²) in [5, 5.41) is 1.09. The van der Waals surface area contributed by atoms with E-state index in [2.05, 4.69) is 13.0 Å². The molecule has 1 aliphatic carbocycles. The van der Waals surface area contributed by atoms with Crippen LogP contribution in [0.4, 0.5) is 0 Å². The van der Waals surface area contributed by atoms with E-state index in [1.165, 1.54) is 17.5 Å². The van der Waals surface area contributed by atoms with Crippen molar-refractivity contribution in [1.82, 2.24) is 4.98 Å². The van der Waals surface area contributed by atoms with Crippen LogP contribution in [0.25, 0.3) is 10.2 Å². The van der Waals surface area contributed by atoms with Gasteiger partial charge in [0.1, 0.15) is 10.8 Å². The van der Waals surface area contributed by atoms with E-state index in [0.717, 1.165) is 29.1 Å². The molecule has 0 radical (unpaired) electrons. The standard InChI is InChI=1S/C16H22N2OS/c1-3-19-12-6-7-13-14(9-12)20-15(18-13)16(17)8-4-5-11(2)10-16/h6-7,9,11H,3-5,8,10,17H2,1-2H3. The zero-order chi connectivity index (χ0) is 14.2. The van der Waals surface area contributed by atoms with Gasteiger partial charge in [-0.2, -0.15) is 0 Å². The number of aromatic nitrogens is 1. The van der Waals surface area contributed by atoms with Gasteiger partial charge in [0.05, 0.1) is 22.4 Å². The van der Waals surface area contributed by atoms with Gasteiger partial charge in [-0.15, -0.1) is 11.3 Å². The summed E-state index contributed by atoms with van der Waals surface area (Å²) in [6, 6.07) is 6.10. The molecule has 0 spiro atoms. The molecular formula is C16H22N2OS. The Balaban J connectivity index is 1.95. The smallest absolute Gasteiger partial charge is 0.120 e. The van der Waals surface area contributed by atoms with Crippen molar-refractivity contribution >= 4 is 21.6 Å². The van der Waals surface area contributed by atoms with Gasteiger partial charge in [0.25, 0.3) is 0 Å². The molecule has 2 atom stereocenters. The minimum absolute atomic E-state index is 0.229. The topological polar surface area (TPSA) is 48.1 Å². The lowest BCUT2D eigenvalue weighted by atomic mass is 9.77. The third-order valence-corrected chi connectivity index (χ3v) is 5.37. The Bertz CT molecular complexity index is 610. The lowest BCUT2D eigenvalue weighted by Crippen LogP contribution is -2.40. The molecule has 0 aliphatic heterocycles. The van der Waals surface area contributed by atoms with Crippen molar-refractivity contribution in [3.63, 3.8) is 0 Å². The minimum Gasteiger partial charge on any atom is -0.494 e. The molecule has 3 rings (SSSR count). The van der Waals surface area contributed by atoms with Gasteiger partial charge in [-0.05, 0) is 43.9 Å². The third kappa shape index (κ3) is 2.54. The van der Waals surface area contributed by atoms with E-state index < -0.39 is 0 Å². The normalized spacial score (nSPS) is 26.9. The number of hydrogen-bond acceptors (Lipinski definition) is 4. The fraction of sp³-hybridized carbons (Fsp3) is 0.562. The summed E-state index contributed by atoms with van der Waals surface area (Å²) in [5.41, 5.74) is 7.46. The molecule has 2 unspecified atom stereocenters. The Kier molecular flexibility index (Phi) is 3.69. The van der Waals surface area contributed by atoms with Crippen molar-refractivity contribution in [3.8, 4) is 5.75 Å². The molecule has 1 saturated carbocycles. The Morgan fingerprint density at radius 3 is 3.10 bits per heavy atom. The van der Waals surface area contributed by atoms with Gasteiger partial charge in [-0.3, -0.25) is 0 Å². The van der Waals surface area contributed by atoms with Crippen LogP contribution in [0.15, 0.2) is 18.2 Å². The molecular weight excluding hydrogens is 268 g/mol. The van der Waals surface area contributed by atoms with Crippen molar-refractivity contribution in [2.24, 2.45) is 11.7 Å². The number of thiazole rings is 1. The van der Waals surface area contributed by atoms with Gasteiger partial charge in [0, 0.05) is 0 Å². The minimum atomic E-state index is -0.229. The fourth-order valence-corrected chi connectivity index (χ4v) is 4.29. The van der Waals surface area contributed by atoms with Crippen LogP contribution in [0.2, 0.25) is 0 Å². The summed E-state index contributed by atoms with van der Waals surface area (Å²) in [4.78, 5) is 4.78. The maximum atomic E-state index is 6.65.